The molecule has 2 rings (SSSR count). The van der Waals surface area contributed by atoms with Crippen LogP contribution >= 0.6 is 22.9 Å². The summed E-state index contributed by atoms with van der Waals surface area (Å²) in [6.07, 6.45) is 0. The maximum absolute atomic E-state index is 6.14. The topological polar surface area (TPSA) is 9.23 Å². The monoisotopic (exact) mass is 212 g/mol. The molecule has 0 N–H and O–H groups in total. The lowest BCUT2D eigenvalue weighted by atomic mass is 10.2. The van der Waals surface area contributed by atoms with Crippen LogP contribution < -0.4 is 4.74 Å². The number of rotatable bonds is 1. The molecule has 0 bridgehead atoms. The fourth-order valence-corrected chi connectivity index (χ4v) is 2.65. The number of ether oxygens (including phenoxy) is 1. The van der Waals surface area contributed by atoms with Gasteiger partial charge in [-0.05, 0) is 30.5 Å². The molecule has 0 saturated carbocycles. The van der Waals surface area contributed by atoms with E-state index in [-0.39, 0.29) is 0 Å². The van der Waals surface area contributed by atoms with Gasteiger partial charge in [0.05, 0.1) is 11.8 Å². The van der Waals surface area contributed by atoms with Crippen LogP contribution in [0.25, 0.3) is 10.1 Å². The van der Waals surface area contributed by atoms with Crippen LogP contribution in [0.3, 0.4) is 0 Å². The Kier molecular flexibility index (Phi) is 2.18. The second kappa shape index (κ2) is 3.20. The van der Waals surface area contributed by atoms with E-state index in [2.05, 4.69) is 13.0 Å². The summed E-state index contributed by atoms with van der Waals surface area (Å²) in [7, 11) is 1.63. The van der Waals surface area contributed by atoms with Crippen molar-refractivity contribution < 1.29 is 4.74 Å². The smallest absolute Gasteiger partial charge is 0.138 e. The van der Waals surface area contributed by atoms with Gasteiger partial charge >= 0.3 is 0 Å². The van der Waals surface area contributed by atoms with E-state index < -0.39 is 0 Å². The summed E-state index contributed by atoms with van der Waals surface area (Å²) in [5, 5.41) is 1.91. The molecule has 0 aliphatic rings. The van der Waals surface area contributed by atoms with E-state index >= 15 is 0 Å². The largest absolute Gasteiger partial charge is 0.495 e. The normalized spacial score (nSPS) is 10.7. The minimum absolute atomic E-state index is 0.720. The third-order valence-corrected chi connectivity index (χ3v) is 3.50. The molecule has 13 heavy (non-hydrogen) atoms. The first kappa shape index (κ1) is 8.85. The highest BCUT2D eigenvalue weighted by atomic mass is 35.5. The molecule has 2 aromatic rings. The second-order valence-electron chi connectivity index (χ2n) is 2.86. The SMILES string of the molecule is COc1ccc2cc(C)sc2c1Cl. The first-order valence-corrected chi connectivity index (χ1v) is 5.14. The summed E-state index contributed by atoms with van der Waals surface area (Å²) in [5.41, 5.74) is 0. The van der Waals surface area contributed by atoms with Crippen molar-refractivity contribution in [1.82, 2.24) is 0 Å². The van der Waals surface area contributed by atoms with E-state index in [1.165, 1.54) is 10.3 Å². The molecule has 0 atom stereocenters. The van der Waals surface area contributed by atoms with Crippen LogP contribution in [-0.4, -0.2) is 7.11 Å². The van der Waals surface area contributed by atoms with Crippen molar-refractivity contribution in [1.29, 1.82) is 0 Å². The Morgan fingerprint density at radius 2 is 2.15 bits per heavy atom. The van der Waals surface area contributed by atoms with Gasteiger partial charge in [0.15, 0.2) is 0 Å². The molecule has 1 aromatic carbocycles. The van der Waals surface area contributed by atoms with Gasteiger partial charge in [-0.1, -0.05) is 11.6 Å². The number of halogens is 1. The Morgan fingerprint density at radius 1 is 1.38 bits per heavy atom. The van der Waals surface area contributed by atoms with Crippen LogP contribution in [0.4, 0.5) is 0 Å². The highest BCUT2D eigenvalue weighted by Gasteiger charge is 2.07. The van der Waals surface area contributed by atoms with Gasteiger partial charge in [0.25, 0.3) is 0 Å². The molecule has 0 amide bonds. The number of aryl methyl sites for hydroxylation is 1. The van der Waals surface area contributed by atoms with Gasteiger partial charge in [0.1, 0.15) is 10.8 Å². The van der Waals surface area contributed by atoms with Crippen molar-refractivity contribution in [3.8, 4) is 5.75 Å². The van der Waals surface area contributed by atoms with Gasteiger partial charge in [-0.15, -0.1) is 11.3 Å². The number of hydrogen-bond acceptors (Lipinski definition) is 2. The third kappa shape index (κ3) is 1.40. The van der Waals surface area contributed by atoms with Crippen LogP contribution in [0.2, 0.25) is 5.02 Å². The zero-order valence-corrected chi connectivity index (χ0v) is 9.00. The lowest BCUT2D eigenvalue weighted by molar-refractivity contribution is 0.415. The quantitative estimate of drug-likeness (QED) is 0.697. The Morgan fingerprint density at radius 3 is 2.85 bits per heavy atom. The number of benzene rings is 1. The molecule has 3 heteroatoms. The minimum Gasteiger partial charge on any atom is -0.495 e. The van der Waals surface area contributed by atoms with Crippen molar-refractivity contribution >= 4 is 33.0 Å². The highest BCUT2D eigenvalue weighted by molar-refractivity contribution is 7.19. The van der Waals surface area contributed by atoms with Crippen LogP contribution in [0.15, 0.2) is 18.2 Å². The molecule has 1 heterocycles. The molecular formula is C10H9ClOS. The average Bonchev–Trinajstić information content (AvgIpc) is 2.47. The van der Waals surface area contributed by atoms with Crippen molar-refractivity contribution in [2.75, 3.05) is 7.11 Å². The van der Waals surface area contributed by atoms with Crippen LogP contribution in [0.5, 0.6) is 5.75 Å². The van der Waals surface area contributed by atoms with Crippen molar-refractivity contribution in [3.05, 3.63) is 28.1 Å². The fourth-order valence-electron chi connectivity index (χ4n) is 1.34. The highest BCUT2D eigenvalue weighted by Crippen LogP contribution is 2.37. The Balaban J connectivity index is 2.78. The number of hydrogen-bond donors (Lipinski definition) is 0. The fraction of sp³-hybridized carbons (Fsp3) is 0.200. The molecular weight excluding hydrogens is 204 g/mol. The molecule has 1 nitrogen and oxygen atoms in total. The third-order valence-electron chi connectivity index (χ3n) is 1.93. The summed E-state index contributed by atoms with van der Waals surface area (Å²) in [4.78, 5) is 1.27. The Hall–Kier alpha value is -0.730. The van der Waals surface area contributed by atoms with E-state index in [1.807, 2.05) is 12.1 Å². The van der Waals surface area contributed by atoms with Crippen molar-refractivity contribution in [3.63, 3.8) is 0 Å². The van der Waals surface area contributed by atoms with Gasteiger partial charge in [-0.2, -0.15) is 0 Å². The second-order valence-corrected chi connectivity index (χ2v) is 4.49. The van der Waals surface area contributed by atoms with Crippen LogP contribution in [0, 0.1) is 6.92 Å². The van der Waals surface area contributed by atoms with Gasteiger partial charge in [-0.3, -0.25) is 0 Å². The zero-order valence-electron chi connectivity index (χ0n) is 7.43. The lowest BCUT2D eigenvalue weighted by Gasteiger charge is -2.02. The van der Waals surface area contributed by atoms with Crippen LogP contribution in [-0.2, 0) is 0 Å². The van der Waals surface area contributed by atoms with Gasteiger partial charge in [0.2, 0.25) is 0 Å². The maximum Gasteiger partial charge on any atom is 0.138 e. The molecule has 0 unspecified atom stereocenters. The van der Waals surface area contributed by atoms with Gasteiger partial charge in [0, 0.05) is 4.88 Å². The first-order chi connectivity index (χ1) is 6.22. The standard InChI is InChI=1S/C10H9ClOS/c1-6-5-7-3-4-8(12-2)9(11)10(7)13-6/h3-5H,1-2H3. The molecule has 0 spiro atoms. The van der Waals surface area contributed by atoms with Crippen LogP contribution in [0.1, 0.15) is 4.88 Å². The molecule has 68 valence electrons. The van der Waals surface area contributed by atoms with E-state index in [4.69, 9.17) is 16.3 Å². The van der Waals surface area contributed by atoms with Crippen molar-refractivity contribution in [2.24, 2.45) is 0 Å². The van der Waals surface area contributed by atoms with Gasteiger partial charge < -0.3 is 4.74 Å². The lowest BCUT2D eigenvalue weighted by Crippen LogP contribution is -1.82. The molecule has 0 saturated heterocycles. The molecule has 0 aliphatic heterocycles. The molecule has 0 fully saturated rings. The van der Waals surface area contributed by atoms with Crippen molar-refractivity contribution in [2.45, 2.75) is 6.92 Å². The number of fused-ring (bicyclic) bond motifs is 1. The summed E-state index contributed by atoms with van der Waals surface area (Å²) >= 11 is 7.84. The maximum atomic E-state index is 6.14. The predicted octanol–water partition coefficient (Wildman–Crippen LogP) is 3.87. The van der Waals surface area contributed by atoms with E-state index in [0.29, 0.717) is 0 Å². The van der Waals surface area contributed by atoms with E-state index in [9.17, 15) is 0 Å². The number of methoxy groups -OCH3 is 1. The van der Waals surface area contributed by atoms with E-state index in [1.54, 1.807) is 18.4 Å². The zero-order chi connectivity index (χ0) is 9.42. The number of thiophene rings is 1. The van der Waals surface area contributed by atoms with Gasteiger partial charge in [-0.25, -0.2) is 0 Å². The summed E-state index contributed by atoms with van der Waals surface area (Å²) in [6.45, 7) is 2.08. The summed E-state index contributed by atoms with van der Waals surface area (Å²) < 4.78 is 6.25. The predicted molar refractivity (Wildman–Crippen MR) is 58.1 cm³/mol. The first-order valence-electron chi connectivity index (χ1n) is 3.95. The Labute approximate surface area is 85.9 Å². The minimum atomic E-state index is 0.720. The molecule has 1 aromatic heterocycles. The molecule has 0 radical (unpaired) electrons. The molecule has 0 aliphatic carbocycles. The average molecular weight is 213 g/mol. The summed E-state index contributed by atoms with van der Waals surface area (Å²) in [6, 6.07) is 6.06. The van der Waals surface area contributed by atoms with E-state index in [0.717, 1.165) is 15.5 Å². The summed E-state index contributed by atoms with van der Waals surface area (Å²) in [5.74, 6) is 0.746. The Bertz CT molecular complexity index is 447.